The zero-order chi connectivity index (χ0) is 13.8. The molecule has 3 fully saturated rings. The van der Waals surface area contributed by atoms with Gasteiger partial charge in [-0.25, -0.2) is 0 Å². The lowest BCUT2D eigenvalue weighted by Crippen LogP contribution is -2.45. The maximum absolute atomic E-state index is 6.04. The van der Waals surface area contributed by atoms with Gasteiger partial charge in [-0.05, 0) is 27.7 Å². The quantitative estimate of drug-likeness (QED) is 0.564. The van der Waals surface area contributed by atoms with Gasteiger partial charge < -0.3 is 28.4 Å². The van der Waals surface area contributed by atoms with Gasteiger partial charge >= 0.3 is 0 Å². The summed E-state index contributed by atoms with van der Waals surface area (Å²) in [4.78, 5) is 0. The summed E-state index contributed by atoms with van der Waals surface area (Å²) in [6, 6.07) is 0. The second-order valence-electron chi connectivity index (χ2n) is 6.13. The van der Waals surface area contributed by atoms with Gasteiger partial charge in [0.25, 0.3) is 0 Å². The molecule has 5 atom stereocenters. The van der Waals surface area contributed by atoms with Crippen LogP contribution in [0.25, 0.3) is 0 Å². The van der Waals surface area contributed by atoms with Gasteiger partial charge in [0.2, 0.25) is 0 Å². The van der Waals surface area contributed by atoms with Gasteiger partial charge in [0.15, 0.2) is 17.9 Å². The Labute approximate surface area is 113 Å². The van der Waals surface area contributed by atoms with Crippen LogP contribution in [0.1, 0.15) is 27.7 Å². The molecule has 0 N–H and O–H groups in total. The van der Waals surface area contributed by atoms with Crippen LogP contribution in [0, 0.1) is 0 Å². The molecule has 110 valence electrons. The van der Waals surface area contributed by atoms with Crippen molar-refractivity contribution in [3.05, 3.63) is 0 Å². The molecule has 3 saturated heterocycles. The van der Waals surface area contributed by atoms with Crippen molar-refractivity contribution in [2.75, 3.05) is 13.7 Å². The highest BCUT2D eigenvalue weighted by molar-refractivity contribution is 5.00. The highest BCUT2D eigenvalue weighted by atomic mass is 16.9. The largest absolute Gasteiger partial charge is 0.370 e. The lowest BCUT2D eigenvalue weighted by atomic mass is 10.1. The molecule has 0 aromatic heterocycles. The Balaban J connectivity index is 1.76. The predicted molar refractivity (Wildman–Crippen MR) is 64.4 cm³/mol. The Hall–Kier alpha value is -0.240. The van der Waals surface area contributed by atoms with E-state index in [9.17, 15) is 0 Å². The monoisotopic (exact) mass is 274 g/mol. The van der Waals surface area contributed by atoms with Crippen LogP contribution >= 0.6 is 0 Å². The van der Waals surface area contributed by atoms with E-state index in [1.807, 2.05) is 27.7 Å². The number of ether oxygens (including phenoxy) is 6. The number of hydrogen-bond acceptors (Lipinski definition) is 6. The summed E-state index contributed by atoms with van der Waals surface area (Å²) in [6.45, 7) is 8.17. The van der Waals surface area contributed by atoms with Crippen molar-refractivity contribution in [3.8, 4) is 0 Å². The summed E-state index contributed by atoms with van der Waals surface area (Å²) in [5.41, 5.74) is 0. The summed E-state index contributed by atoms with van der Waals surface area (Å²) in [5, 5.41) is 0. The summed E-state index contributed by atoms with van der Waals surface area (Å²) in [7, 11) is 1.62. The zero-order valence-electron chi connectivity index (χ0n) is 12.0. The fourth-order valence-corrected chi connectivity index (χ4v) is 2.56. The molecule has 3 aliphatic heterocycles. The fourth-order valence-electron chi connectivity index (χ4n) is 2.56. The van der Waals surface area contributed by atoms with Gasteiger partial charge in [0.1, 0.15) is 24.4 Å². The Morgan fingerprint density at radius 3 is 2.42 bits per heavy atom. The van der Waals surface area contributed by atoms with Crippen LogP contribution in [0.4, 0.5) is 0 Å². The normalized spacial score (nSPS) is 44.4. The molecular formula is C13H22O6. The molecule has 0 aliphatic carbocycles. The molecule has 6 heteroatoms. The van der Waals surface area contributed by atoms with Crippen LogP contribution in [0.2, 0.25) is 0 Å². The molecular weight excluding hydrogens is 252 g/mol. The van der Waals surface area contributed by atoms with E-state index < -0.39 is 17.9 Å². The van der Waals surface area contributed by atoms with Gasteiger partial charge in [0, 0.05) is 7.11 Å². The van der Waals surface area contributed by atoms with Gasteiger partial charge in [-0.1, -0.05) is 0 Å². The van der Waals surface area contributed by atoms with Gasteiger partial charge in [0.05, 0.1) is 6.61 Å². The third kappa shape index (κ3) is 2.66. The Morgan fingerprint density at radius 1 is 1.16 bits per heavy atom. The van der Waals surface area contributed by atoms with Crippen molar-refractivity contribution in [2.45, 2.75) is 70.0 Å². The standard InChI is InChI=1S/C13H22O6/c1-12(2,14-5)17-9-8(7-6-15-7)16-11-10(9)18-13(3,4)19-11/h7-11H,6H2,1-5H3/t7?,8-,9+,10-,11-/m1/s1. The zero-order valence-corrected chi connectivity index (χ0v) is 12.0. The van der Waals surface area contributed by atoms with E-state index in [0.29, 0.717) is 6.61 Å². The molecule has 3 aliphatic rings. The molecule has 1 unspecified atom stereocenters. The average Bonchev–Trinajstić information content (AvgIpc) is 3.03. The average molecular weight is 274 g/mol. The maximum Gasteiger partial charge on any atom is 0.190 e. The molecule has 6 nitrogen and oxygen atoms in total. The second kappa shape index (κ2) is 4.38. The van der Waals surface area contributed by atoms with Gasteiger partial charge in [-0.15, -0.1) is 0 Å². The Kier molecular flexibility index (Phi) is 3.16. The smallest absolute Gasteiger partial charge is 0.190 e. The molecule has 0 spiro atoms. The molecule has 3 heterocycles. The van der Waals surface area contributed by atoms with E-state index in [2.05, 4.69) is 0 Å². The van der Waals surface area contributed by atoms with E-state index in [0.717, 1.165) is 0 Å². The molecule has 0 aromatic rings. The van der Waals surface area contributed by atoms with Crippen molar-refractivity contribution in [2.24, 2.45) is 0 Å². The highest BCUT2D eigenvalue weighted by Gasteiger charge is 2.60. The first-order valence-electron chi connectivity index (χ1n) is 6.67. The van der Waals surface area contributed by atoms with Crippen molar-refractivity contribution < 1.29 is 28.4 Å². The Bertz CT molecular complexity index is 351. The first-order chi connectivity index (χ1) is 8.81. The van der Waals surface area contributed by atoms with Crippen molar-refractivity contribution >= 4 is 0 Å². The minimum Gasteiger partial charge on any atom is -0.370 e. The predicted octanol–water partition coefficient (Wildman–Crippen LogP) is 1.03. The van der Waals surface area contributed by atoms with E-state index in [-0.39, 0.29) is 24.4 Å². The van der Waals surface area contributed by atoms with Crippen LogP contribution in [-0.2, 0) is 28.4 Å². The van der Waals surface area contributed by atoms with Crippen molar-refractivity contribution in [3.63, 3.8) is 0 Å². The lowest BCUT2D eigenvalue weighted by molar-refractivity contribution is -0.266. The third-order valence-corrected chi connectivity index (χ3v) is 3.66. The van der Waals surface area contributed by atoms with Crippen LogP contribution in [-0.4, -0.2) is 56.0 Å². The summed E-state index contributed by atoms with van der Waals surface area (Å²) >= 11 is 0. The van der Waals surface area contributed by atoms with Crippen molar-refractivity contribution in [1.82, 2.24) is 0 Å². The van der Waals surface area contributed by atoms with E-state index in [4.69, 9.17) is 28.4 Å². The van der Waals surface area contributed by atoms with Gasteiger partial charge in [-0.3, -0.25) is 0 Å². The first kappa shape index (κ1) is 13.7. The number of hydrogen-bond donors (Lipinski definition) is 0. The number of fused-ring (bicyclic) bond motifs is 1. The minimum atomic E-state index is -0.702. The van der Waals surface area contributed by atoms with E-state index >= 15 is 0 Å². The van der Waals surface area contributed by atoms with Crippen LogP contribution < -0.4 is 0 Å². The Morgan fingerprint density at radius 2 is 1.84 bits per heavy atom. The molecule has 0 amide bonds. The van der Waals surface area contributed by atoms with Crippen LogP contribution in [0.15, 0.2) is 0 Å². The minimum absolute atomic E-state index is 0.0681. The van der Waals surface area contributed by atoms with Gasteiger partial charge in [-0.2, -0.15) is 0 Å². The highest BCUT2D eigenvalue weighted by Crippen LogP contribution is 2.42. The van der Waals surface area contributed by atoms with Crippen LogP contribution in [0.3, 0.4) is 0 Å². The summed E-state index contributed by atoms with van der Waals surface area (Å²) < 4.78 is 34.2. The number of epoxide rings is 1. The van der Waals surface area contributed by atoms with Crippen molar-refractivity contribution in [1.29, 1.82) is 0 Å². The van der Waals surface area contributed by atoms with Crippen LogP contribution in [0.5, 0.6) is 0 Å². The molecule has 0 radical (unpaired) electrons. The lowest BCUT2D eigenvalue weighted by Gasteiger charge is -2.32. The molecule has 0 saturated carbocycles. The number of rotatable bonds is 4. The number of methoxy groups -OCH3 is 1. The van der Waals surface area contributed by atoms with E-state index in [1.54, 1.807) is 7.11 Å². The molecule has 0 aromatic carbocycles. The second-order valence-corrected chi connectivity index (χ2v) is 6.13. The maximum atomic E-state index is 6.04. The molecule has 19 heavy (non-hydrogen) atoms. The van der Waals surface area contributed by atoms with E-state index in [1.165, 1.54) is 0 Å². The topological polar surface area (TPSA) is 58.7 Å². The fraction of sp³-hybridized carbons (Fsp3) is 1.00. The third-order valence-electron chi connectivity index (χ3n) is 3.66. The molecule has 3 rings (SSSR count). The first-order valence-corrected chi connectivity index (χ1v) is 6.67. The molecule has 0 bridgehead atoms. The summed E-state index contributed by atoms with van der Waals surface area (Å²) in [5.74, 6) is -1.35. The summed E-state index contributed by atoms with van der Waals surface area (Å²) in [6.07, 6.45) is -1.01. The SMILES string of the molecule is COC(C)(C)O[C@@H]1[C@H]2OC(C)(C)O[C@H]2O[C@@H]1C1CO1.